The van der Waals surface area contributed by atoms with Gasteiger partial charge in [0.25, 0.3) is 0 Å². The second-order valence-electron chi connectivity index (χ2n) is 3.90. The highest BCUT2D eigenvalue weighted by molar-refractivity contribution is 7.80. The van der Waals surface area contributed by atoms with Gasteiger partial charge in [0.1, 0.15) is 0 Å². The van der Waals surface area contributed by atoms with Gasteiger partial charge < -0.3 is 10.6 Å². The zero-order valence-electron chi connectivity index (χ0n) is 10.0. The Bertz CT molecular complexity index is 336. The van der Waals surface area contributed by atoms with E-state index in [2.05, 4.69) is 30.5 Å². The van der Waals surface area contributed by atoms with Crippen LogP contribution in [-0.4, -0.2) is 11.7 Å². The molecule has 1 aromatic carbocycles. The van der Waals surface area contributed by atoms with E-state index in [0.29, 0.717) is 5.11 Å². The number of anilines is 1. The maximum Gasteiger partial charge on any atom is 0.170 e. The van der Waals surface area contributed by atoms with Gasteiger partial charge in [0.05, 0.1) is 0 Å². The highest BCUT2D eigenvalue weighted by Crippen LogP contribution is 2.12. The Hall–Kier alpha value is -1.09. The number of aryl methyl sites for hydroxylation is 1. The summed E-state index contributed by atoms with van der Waals surface area (Å²) >= 11 is 5.22. The van der Waals surface area contributed by atoms with Gasteiger partial charge >= 0.3 is 0 Å². The summed E-state index contributed by atoms with van der Waals surface area (Å²) in [6, 6.07) is 8.14. The quantitative estimate of drug-likeness (QED) is 0.604. The van der Waals surface area contributed by atoms with Gasteiger partial charge in [-0.25, -0.2) is 0 Å². The number of hydrogen-bond donors (Lipinski definition) is 2. The molecule has 0 aromatic heterocycles. The molecule has 0 radical (unpaired) electrons. The van der Waals surface area contributed by atoms with E-state index >= 15 is 0 Å². The van der Waals surface area contributed by atoms with Crippen molar-refractivity contribution in [3.05, 3.63) is 29.8 Å². The van der Waals surface area contributed by atoms with Crippen LogP contribution in [0.1, 0.15) is 31.7 Å². The summed E-state index contributed by atoms with van der Waals surface area (Å²) in [5.41, 5.74) is 2.29. The summed E-state index contributed by atoms with van der Waals surface area (Å²) in [4.78, 5) is 0. The van der Waals surface area contributed by atoms with Crippen LogP contribution in [0.3, 0.4) is 0 Å². The Kier molecular flexibility index (Phi) is 5.86. The van der Waals surface area contributed by atoms with E-state index in [4.69, 9.17) is 12.2 Å². The molecular formula is C13H20N2S. The van der Waals surface area contributed by atoms with Crippen LogP contribution in [0.25, 0.3) is 0 Å². The Balaban J connectivity index is 2.32. The monoisotopic (exact) mass is 236 g/mol. The van der Waals surface area contributed by atoms with Crippen LogP contribution < -0.4 is 10.6 Å². The van der Waals surface area contributed by atoms with Crippen molar-refractivity contribution < 1.29 is 0 Å². The summed E-state index contributed by atoms with van der Waals surface area (Å²) in [6.45, 7) is 5.22. The average molecular weight is 236 g/mol. The number of benzene rings is 1. The molecule has 0 amide bonds. The predicted molar refractivity (Wildman–Crippen MR) is 74.9 cm³/mol. The fraction of sp³-hybridized carbons (Fsp3) is 0.462. The molecule has 0 heterocycles. The number of hydrogen-bond acceptors (Lipinski definition) is 1. The van der Waals surface area contributed by atoms with Crippen molar-refractivity contribution in [3.8, 4) is 0 Å². The summed E-state index contributed by atoms with van der Waals surface area (Å²) < 4.78 is 0. The number of rotatable bonds is 5. The van der Waals surface area contributed by atoms with E-state index in [1.807, 2.05) is 18.2 Å². The van der Waals surface area contributed by atoms with Crippen LogP contribution in [0.5, 0.6) is 0 Å². The lowest BCUT2D eigenvalue weighted by Crippen LogP contribution is -2.29. The van der Waals surface area contributed by atoms with Crippen LogP contribution in [0, 0.1) is 6.92 Å². The first-order valence-electron chi connectivity index (χ1n) is 5.84. The molecule has 0 saturated carbocycles. The van der Waals surface area contributed by atoms with Crippen molar-refractivity contribution in [3.63, 3.8) is 0 Å². The highest BCUT2D eigenvalue weighted by Gasteiger charge is 1.98. The number of unbranched alkanes of at least 4 members (excludes halogenated alkanes) is 2. The van der Waals surface area contributed by atoms with Gasteiger partial charge in [-0.05, 0) is 37.2 Å². The lowest BCUT2D eigenvalue weighted by atomic mass is 10.2. The molecule has 0 aliphatic heterocycles. The molecule has 1 aromatic rings. The summed E-state index contributed by atoms with van der Waals surface area (Å²) in [5, 5.41) is 7.13. The van der Waals surface area contributed by atoms with E-state index in [0.717, 1.165) is 12.2 Å². The number of nitrogens with one attached hydrogen (secondary N) is 2. The summed E-state index contributed by atoms with van der Waals surface area (Å²) in [5.74, 6) is 0. The third-order valence-electron chi connectivity index (χ3n) is 2.46. The molecule has 0 aliphatic carbocycles. The van der Waals surface area contributed by atoms with Gasteiger partial charge in [-0.2, -0.15) is 0 Å². The second-order valence-corrected chi connectivity index (χ2v) is 4.31. The molecule has 0 unspecified atom stereocenters. The van der Waals surface area contributed by atoms with Crippen molar-refractivity contribution in [2.45, 2.75) is 33.1 Å². The third kappa shape index (κ3) is 4.62. The number of para-hydroxylation sites is 1. The third-order valence-corrected chi connectivity index (χ3v) is 2.71. The molecule has 0 aliphatic rings. The molecule has 0 fully saturated rings. The first-order chi connectivity index (χ1) is 7.74. The second kappa shape index (κ2) is 7.23. The minimum Gasteiger partial charge on any atom is -0.362 e. The molecule has 16 heavy (non-hydrogen) atoms. The Labute approximate surface area is 103 Å². The SMILES string of the molecule is CCCCCNC(=S)Nc1ccccc1C. The molecule has 3 heteroatoms. The predicted octanol–water partition coefficient (Wildman–Crippen LogP) is 3.47. The minimum absolute atomic E-state index is 0.713. The largest absolute Gasteiger partial charge is 0.362 e. The van der Waals surface area contributed by atoms with E-state index in [9.17, 15) is 0 Å². The van der Waals surface area contributed by atoms with Crippen LogP contribution in [0.2, 0.25) is 0 Å². The zero-order chi connectivity index (χ0) is 11.8. The van der Waals surface area contributed by atoms with Crippen LogP contribution in [-0.2, 0) is 0 Å². The van der Waals surface area contributed by atoms with Gasteiger partial charge in [-0.1, -0.05) is 38.0 Å². The molecule has 88 valence electrons. The van der Waals surface area contributed by atoms with Crippen LogP contribution >= 0.6 is 12.2 Å². The van der Waals surface area contributed by atoms with Crippen LogP contribution in [0.4, 0.5) is 5.69 Å². The topological polar surface area (TPSA) is 24.1 Å². The molecule has 0 bridgehead atoms. The first-order valence-corrected chi connectivity index (χ1v) is 6.25. The van der Waals surface area contributed by atoms with E-state index < -0.39 is 0 Å². The molecule has 2 nitrogen and oxygen atoms in total. The maximum atomic E-state index is 5.22. The van der Waals surface area contributed by atoms with Crippen LogP contribution in [0.15, 0.2) is 24.3 Å². The first kappa shape index (κ1) is 13.0. The smallest absolute Gasteiger partial charge is 0.170 e. The van der Waals surface area contributed by atoms with Gasteiger partial charge in [-0.3, -0.25) is 0 Å². The molecular weight excluding hydrogens is 216 g/mol. The minimum atomic E-state index is 0.713. The molecule has 0 spiro atoms. The molecule has 2 N–H and O–H groups in total. The van der Waals surface area contributed by atoms with Gasteiger partial charge in [-0.15, -0.1) is 0 Å². The molecule has 0 saturated heterocycles. The summed E-state index contributed by atoms with van der Waals surface area (Å²) in [6.07, 6.45) is 3.66. The van der Waals surface area contributed by atoms with Crippen molar-refractivity contribution in [2.75, 3.05) is 11.9 Å². The highest BCUT2D eigenvalue weighted by atomic mass is 32.1. The number of thiocarbonyl (C=S) groups is 1. The fourth-order valence-electron chi connectivity index (χ4n) is 1.46. The lowest BCUT2D eigenvalue weighted by molar-refractivity contribution is 0.698. The Morgan fingerprint density at radius 2 is 2.00 bits per heavy atom. The fourth-order valence-corrected chi connectivity index (χ4v) is 1.67. The maximum absolute atomic E-state index is 5.22. The average Bonchev–Trinajstić information content (AvgIpc) is 2.28. The summed E-state index contributed by atoms with van der Waals surface area (Å²) in [7, 11) is 0. The van der Waals surface area contributed by atoms with Crippen molar-refractivity contribution >= 4 is 23.0 Å². The van der Waals surface area contributed by atoms with E-state index in [1.54, 1.807) is 0 Å². The van der Waals surface area contributed by atoms with Gasteiger partial charge in [0.15, 0.2) is 5.11 Å². The molecule has 0 atom stereocenters. The molecule has 1 rings (SSSR count). The van der Waals surface area contributed by atoms with Gasteiger partial charge in [0, 0.05) is 12.2 Å². The van der Waals surface area contributed by atoms with Crippen molar-refractivity contribution in [2.24, 2.45) is 0 Å². The Morgan fingerprint density at radius 3 is 2.69 bits per heavy atom. The van der Waals surface area contributed by atoms with Gasteiger partial charge in [0.2, 0.25) is 0 Å². The van der Waals surface area contributed by atoms with Crippen molar-refractivity contribution in [1.29, 1.82) is 0 Å². The van der Waals surface area contributed by atoms with E-state index in [1.165, 1.54) is 24.8 Å². The Morgan fingerprint density at radius 1 is 1.25 bits per heavy atom. The normalized spacial score (nSPS) is 9.88. The lowest BCUT2D eigenvalue weighted by Gasteiger charge is -2.11. The zero-order valence-corrected chi connectivity index (χ0v) is 10.9. The van der Waals surface area contributed by atoms with E-state index in [-0.39, 0.29) is 0 Å². The van der Waals surface area contributed by atoms with Crippen molar-refractivity contribution in [1.82, 2.24) is 5.32 Å². The standard InChI is InChI=1S/C13H20N2S/c1-3-4-7-10-14-13(16)15-12-9-6-5-8-11(12)2/h5-6,8-9H,3-4,7,10H2,1-2H3,(H2,14,15,16).